The summed E-state index contributed by atoms with van der Waals surface area (Å²) in [6.45, 7) is 0.384. The smallest absolute Gasteiger partial charge is 0.328 e. The zero-order valence-electron chi connectivity index (χ0n) is 18.5. The third kappa shape index (κ3) is 4.88. The fraction of sp³-hybridized carbons (Fsp3) is 0.360. The largest absolute Gasteiger partial charge is 0.497 e. The van der Waals surface area contributed by atoms with Crippen molar-refractivity contribution in [2.45, 2.75) is 44.9 Å². The number of carbonyl (C=O) groups is 1. The number of benzene rings is 2. The van der Waals surface area contributed by atoms with Crippen molar-refractivity contribution in [3.8, 4) is 17.2 Å². The summed E-state index contributed by atoms with van der Waals surface area (Å²) in [5, 5.41) is 0. The van der Waals surface area contributed by atoms with Gasteiger partial charge in [-0.2, -0.15) is 0 Å². The number of nitrogens with zero attached hydrogens (tertiary/aromatic N) is 2. The summed E-state index contributed by atoms with van der Waals surface area (Å²) in [5.41, 5.74) is 1.24. The number of hydrogen-bond donors (Lipinski definition) is 0. The van der Waals surface area contributed by atoms with Gasteiger partial charge in [-0.3, -0.25) is 13.9 Å². The van der Waals surface area contributed by atoms with E-state index in [4.69, 9.17) is 14.2 Å². The highest BCUT2D eigenvalue weighted by molar-refractivity contribution is 5.96. The molecule has 1 aromatic heterocycles. The number of ether oxygens (including phenoxy) is 3. The first-order valence-electron chi connectivity index (χ1n) is 10.8. The molecule has 7 heteroatoms. The summed E-state index contributed by atoms with van der Waals surface area (Å²) in [4.78, 5) is 25.7. The number of rotatable bonds is 9. The van der Waals surface area contributed by atoms with Crippen LogP contribution in [0.2, 0.25) is 0 Å². The van der Waals surface area contributed by atoms with E-state index in [0.717, 1.165) is 37.0 Å². The predicted octanol–water partition coefficient (Wildman–Crippen LogP) is 3.92. The Labute approximate surface area is 187 Å². The monoisotopic (exact) mass is 436 g/mol. The number of methoxy groups -OCH3 is 2. The van der Waals surface area contributed by atoms with Crippen molar-refractivity contribution in [3.05, 3.63) is 76.5 Å². The van der Waals surface area contributed by atoms with Gasteiger partial charge in [0.15, 0.2) is 17.3 Å². The summed E-state index contributed by atoms with van der Waals surface area (Å²) in [6, 6.07) is 12.7. The van der Waals surface area contributed by atoms with Crippen molar-refractivity contribution in [1.29, 1.82) is 0 Å². The number of imidazole rings is 1. The molecule has 0 unspecified atom stereocenters. The molecule has 7 nitrogen and oxygen atoms in total. The quantitative estimate of drug-likeness (QED) is 0.476. The Hall–Kier alpha value is -3.48. The van der Waals surface area contributed by atoms with Gasteiger partial charge in [-0.15, -0.1) is 0 Å². The van der Waals surface area contributed by atoms with E-state index in [1.54, 1.807) is 49.4 Å². The van der Waals surface area contributed by atoms with Crippen LogP contribution in [-0.4, -0.2) is 35.2 Å². The van der Waals surface area contributed by atoms with Crippen LogP contribution in [-0.2, 0) is 13.1 Å². The second-order valence-corrected chi connectivity index (χ2v) is 8.00. The van der Waals surface area contributed by atoms with Gasteiger partial charge in [-0.05, 0) is 61.6 Å². The van der Waals surface area contributed by atoms with Gasteiger partial charge in [0.1, 0.15) is 5.75 Å². The van der Waals surface area contributed by atoms with Gasteiger partial charge in [-0.1, -0.05) is 12.1 Å². The van der Waals surface area contributed by atoms with Gasteiger partial charge in [0.25, 0.3) is 0 Å². The molecule has 1 aliphatic carbocycles. The Bertz CT molecular complexity index is 1120. The molecule has 1 saturated carbocycles. The summed E-state index contributed by atoms with van der Waals surface area (Å²) in [7, 11) is 3.20. The summed E-state index contributed by atoms with van der Waals surface area (Å²) < 4.78 is 19.7. The number of hydrogen-bond acceptors (Lipinski definition) is 5. The first-order chi connectivity index (χ1) is 15.6. The number of carbonyl (C=O) groups excluding carboxylic acids is 1. The van der Waals surface area contributed by atoms with Crippen LogP contribution < -0.4 is 19.9 Å². The van der Waals surface area contributed by atoms with E-state index in [9.17, 15) is 9.59 Å². The van der Waals surface area contributed by atoms with E-state index in [-0.39, 0.29) is 24.1 Å². The Balaban J connectivity index is 1.47. The lowest BCUT2D eigenvalue weighted by atomic mass is 10.1. The van der Waals surface area contributed by atoms with Gasteiger partial charge in [0.2, 0.25) is 0 Å². The average Bonchev–Trinajstić information content (AvgIpc) is 3.45. The highest BCUT2D eigenvalue weighted by Crippen LogP contribution is 2.32. The third-order valence-electron chi connectivity index (χ3n) is 5.83. The van der Waals surface area contributed by atoms with Crippen LogP contribution in [0.15, 0.2) is 59.7 Å². The van der Waals surface area contributed by atoms with Gasteiger partial charge in [0.05, 0.1) is 33.4 Å². The van der Waals surface area contributed by atoms with Crippen molar-refractivity contribution in [2.75, 3.05) is 14.2 Å². The second-order valence-electron chi connectivity index (χ2n) is 8.00. The molecular formula is C25H28N2O5. The lowest BCUT2D eigenvalue weighted by molar-refractivity contribution is 0.0969. The first-order valence-corrected chi connectivity index (χ1v) is 10.8. The molecule has 1 aliphatic rings. The van der Waals surface area contributed by atoms with Crippen molar-refractivity contribution in [2.24, 2.45) is 0 Å². The minimum Gasteiger partial charge on any atom is -0.497 e. The van der Waals surface area contributed by atoms with E-state index in [1.807, 2.05) is 24.3 Å². The van der Waals surface area contributed by atoms with E-state index in [0.29, 0.717) is 23.6 Å². The molecule has 0 bridgehead atoms. The van der Waals surface area contributed by atoms with E-state index in [2.05, 4.69) is 0 Å². The highest BCUT2D eigenvalue weighted by Gasteiger charge is 2.20. The van der Waals surface area contributed by atoms with Gasteiger partial charge in [0, 0.05) is 18.0 Å². The molecule has 0 N–H and O–H groups in total. The van der Waals surface area contributed by atoms with Crippen LogP contribution in [0, 0.1) is 0 Å². The van der Waals surface area contributed by atoms with Crippen molar-refractivity contribution < 1.29 is 19.0 Å². The number of Topliss-reactive ketones (excluding diaryl/α,β-unsaturated/α-hetero) is 1. The summed E-state index contributed by atoms with van der Waals surface area (Å²) >= 11 is 0. The lowest BCUT2D eigenvalue weighted by Crippen LogP contribution is -2.27. The molecule has 0 saturated heterocycles. The Kier molecular flexibility index (Phi) is 6.63. The molecule has 0 radical (unpaired) electrons. The molecule has 4 rings (SSSR count). The standard InChI is InChI=1S/C25H28N2O5/c1-30-20-10-7-18(8-11-20)16-26-13-14-27(25(26)29)17-22(28)19-9-12-23(31-2)24(15-19)32-21-5-3-4-6-21/h7-15,21H,3-6,16-17H2,1-2H3. The van der Waals surface area contributed by atoms with Crippen LogP contribution in [0.4, 0.5) is 0 Å². The molecular weight excluding hydrogens is 408 g/mol. The topological polar surface area (TPSA) is 71.7 Å². The van der Waals surface area contributed by atoms with E-state index >= 15 is 0 Å². The SMILES string of the molecule is COc1ccc(Cn2ccn(CC(=O)c3ccc(OC)c(OC4CCCC4)c3)c2=O)cc1. The maximum Gasteiger partial charge on any atom is 0.328 e. The minimum absolute atomic E-state index is 0.0381. The molecule has 2 aromatic carbocycles. The van der Waals surface area contributed by atoms with Crippen molar-refractivity contribution in [3.63, 3.8) is 0 Å². The van der Waals surface area contributed by atoms with Crippen LogP contribution in [0.5, 0.6) is 17.2 Å². The third-order valence-corrected chi connectivity index (χ3v) is 5.83. The van der Waals surface area contributed by atoms with Crippen LogP contribution in [0.1, 0.15) is 41.6 Å². The average molecular weight is 437 g/mol. The van der Waals surface area contributed by atoms with Crippen molar-refractivity contribution >= 4 is 5.78 Å². The Morgan fingerprint density at radius 2 is 1.66 bits per heavy atom. The molecule has 3 aromatic rings. The summed E-state index contributed by atoms with van der Waals surface area (Å²) in [6.07, 6.45) is 7.83. The normalized spacial score (nSPS) is 13.8. The zero-order valence-corrected chi connectivity index (χ0v) is 18.5. The van der Waals surface area contributed by atoms with Gasteiger partial charge in [-0.25, -0.2) is 4.79 Å². The van der Waals surface area contributed by atoms with Gasteiger partial charge < -0.3 is 14.2 Å². The van der Waals surface area contributed by atoms with E-state index < -0.39 is 0 Å². The molecule has 0 aliphatic heterocycles. The highest BCUT2D eigenvalue weighted by atomic mass is 16.5. The van der Waals surface area contributed by atoms with Gasteiger partial charge >= 0.3 is 5.69 Å². The fourth-order valence-electron chi connectivity index (χ4n) is 4.00. The molecule has 168 valence electrons. The second kappa shape index (κ2) is 9.77. The van der Waals surface area contributed by atoms with Crippen molar-refractivity contribution in [1.82, 2.24) is 9.13 Å². The van der Waals surface area contributed by atoms with Crippen LogP contribution >= 0.6 is 0 Å². The molecule has 32 heavy (non-hydrogen) atoms. The lowest BCUT2D eigenvalue weighted by Gasteiger charge is -2.16. The number of ketones is 1. The molecule has 0 atom stereocenters. The first kappa shape index (κ1) is 21.7. The zero-order chi connectivity index (χ0) is 22.5. The van der Waals surface area contributed by atoms with Crippen LogP contribution in [0.3, 0.4) is 0 Å². The fourth-order valence-corrected chi connectivity index (χ4v) is 4.00. The predicted molar refractivity (Wildman–Crippen MR) is 121 cm³/mol. The van der Waals surface area contributed by atoms with E-state index in [1.165, 1.54) is 4.57 Å². The minimum atomic E-state index is -0.231. The number of aromatic nitrogens is 2. The maximum atomic E-state index is 12.9. The Morgan fingerprint density at radius 3 is 2.34 bits per heavy atom. The maximum absolute atomic E-state index is 12.9. The molecule has 0 spiro atoms. The van der Waals surface area contributed by atoms with Crippen LogP contribution in [0.25, 0.3) is 0 Å². The summed E-state index contributed by atoms with van der Waals surface area (Å²) in [5.74, 6) is 1.79. The Morgan fingerprint density at radius 1 is 0.938 bits per heavy atom. The molecule has 0 amide bonds. The molecule has 1 fully saturated rings. The molecule has 1 heterocycles.